The molecule has 0 fully saturated rings. The maximum absolute atomic E-state index is 9.49. The molecule has 142 valence electrons. The van der Waals surface area contributed by atoms with Crippen LogP contribution in [0.5, 0.6) is 0 Å². The number of hydrogen-bond acceptors (Lipinski definition) is 1. The molecule has 0 amide bonds. The van der Waals surface area contributed by atoms with Crippen molar-refractivity contribution in [1.29, 1.82) is 0 Å². The first-order valence-corrected chi connectivity index (χ1v) is 18.5. The Bertz CT molecular complexity index is 491. The van der Waals surface area contributed by atoms with Gasteiger partial charge in [-0.15, -0.1) is 0 Å². The summed E-state index contributed by atoms with van der Waals surface area (Å²) in [6, 6.07) is 8.75. The monoisotopic (exact) mass is 516 g/mol. The van der Waals surface area contributed by atoms with Crippen LogP contribution in [-0.2, 0) is 0 Å². The standard InChI is InChI=1S/C10H10BrO.3C4H9.Sn/c11-10-7-2-1-5-9(10)6-3-4-8-12;3*1-3-4-2;/h1-3,5,7,12H,4,8H2;3*1,3-4H2,2H3;. The van der Waals surface area contributed by atoms with Gasteiger partial charge in [-0.25, -0.2) is 0 Å². The van der Waals surface area contributed by atoms with E-state index in [2.05, 4.69) is 67.0 Å². The molecule has 1 aromatic rings. The van der Waals surface area contributed by atoms with Gasteiger partial charge in [-0.3, -0.25) is 0 Å². The third-order valence-corrected chi connectivity index (χ3v) is 21.8. The van der Waals surface area contributed by atoms with Gasteiger partial charge in [0.05, 0.1) is 0 Å². The van der Waals surface area contributed by atoms with Crippen LogP contribution in [0.25, 0.3) is 3.59 Å². The molecular formula is C22H37BrOSn. The van der Waals surface area contributed by atoms with Gasteiger partial charge in [0, 0.05) is 0 Å². The molecule has 0 aliphatic carbocycles. The molecule has 1 rings (SSSR count). The number of halogens is 1. The van der Waals surface area contributed by atoms with Crippen molar-refractivity contribution in [2.45, 2.75) is 79.0 Å². The average Bonchev–Trinajstić information content (AvgIpc) is 2.63. The van der Waals surface area contributed by atoms with E-state index in [9.17, 15) is 5.11 Å². The van der Waals surface area contributed by atoms with E-state index in [-0.39, 0.29) is 6.61 Å². The molecule has 0 radical (unpaired) electrons. The third-order valence-electron chi connectivity index (χ3n) is 5.24. The molecule has 0 heterocycles. The van der Waals surface area contributed by atoms with E-state index in [0.29, 0.717) is 0 Å². The second-order valence-electron chi connectivity index (χ2n) is 7.20. The summed E-state index contributed by atoms with van der Waals surface area (Å²) in [5, 5.41) is 9.49. The van der Waals surface area contributed by atoms with Crippen LogP contribution in [0.1, 0.15) is 71.3 Å². The van der Waals surface area contributed by atoms with Crippen LogP contribution in [0.15, 0.2) is 34.8 Å². The van der Waals surface area contributed by atoms with E-state index in [1.807, 2.05) is 0 Å². The van der Waals surface area contributed by atoms with Gasteiger partial charge in [-0.05, 0) is 0 Å². The van der Waals surface area contributed by atoms with Gasteiger partial charge < -0.3 is 0 Å². The van der Waals surface area contributed by atoms with Crippen LogP contribution in [0.3, 0.4) is 0 Å². The zero-order chi connectivity index (χ0) is 18.5. The van der Waals surface area contributed by atoms with Gasteiger partial charge in [0.1, 0.15) is 0 Å². The zero-order valence-corrected chi connectivity index (χ0v) is 20.9. The molecule has 1 N–H and O–H groups in total. The summed E-state index contributed by atoms with van der Waals surface area (Å²) in [5.74, 6) is 0. The summed E-state index contributed by atoms with van der Waals surface area (Å²) in [7, 11) is 0. The van der Waals surface area contributed by atoms with Crippen molar-refractivity contribution in [2.75, 3.05) is 6.61 Å². The fraction of sp³-hybridized carbons (Fsp3) is 0.636. The molecule has 0 saturated heterocycles. The van der Waals surface area contributed by atoms with E-state index in [4.69, 9.17) is 0 Å². The Hall–Kier alpha value is 0.199. The molecule has 0 saturated carbocycles. The Kier molecular flexibility index (Phi) is 12.4. The Morgan fingerprint density at radius 2 is 1.48 bits per heavy atom. The molecule has 0 aliphatic heterocycles. The van der Waals surface area contributed by atoms with Crippen molar-refractivity contribution in [2.24, 2.45) is 0 Å². The van der Waals surface area contributed by atoms with Crippen molar-refractivity contribution in [1.82, 2.24) is 0 Å². The van der Waals surface area contributed by atoms with E-state index in [0.717, 1.165) is 6.42 Å². The maximum atomic E-state index is 9.49. The van der Waals surface area contributed by atoms with Crippen LogP contribution >= 0.6 is 15.9 Å². The molecule has 0 unspecified atom stereocenters. The second-order valence-corrected chi connectivity index (χ2v) is 21.2. The molecule has 0 bridgehead atoms. The molecule has 25 heavy (non-hydrogen) atoms. The summed E-state index contributed by atoms with van der Waals surface area (Å²) in [6.07, 6.45) is 11.2. The summed E-state index contributed by atoms with van der Waals surface area (Å²) < 4.78 is 7.29. The van der Waals surface area contributed by atoms with Crippen LogP contribution in [-0.4, -0.2) is 30.1 Å². The molecule has 3 heteroatoms. The topological polar surface area (TPSA) is 20.2 Å². The molecular weight excluding hydrogens is 479 g/mol. The number of rotatable bonds is 13. The Balaban J connectivity index is 3.40. The Morgan fingerprint density at radius 1 is 0.960 bits per heavy atom. The van der Waals surface area contributed by atoms with Crippen LogP contribution < -0.4 is 0 Å². The van der Waals surface area contributed by atoms with E-state index >= 15 is 0 Å². The number of aliphatic hydroxyl groups excluding tert-OH is 1. The Labute approximate surface area is 168 Å². The Morgan fingerprint density at radius 3 is 1.92 bits per heavy atom. The molecule has 1 aromatic carbocycles. The summed E-state index contributed by atoms with van der Waals surface area (Å²) in [4.78, 5) is 0. The van der Waals surface area contributed by atoms with Crippen molar-refractivity contribution < 1.29 is 5.11 Å². The van der Waals surface area contributed by atoms with Crippen LogP contribution in [0.4, 0.5) is 0 Å². The van der Waals surface area contributed by atoms with Gasteiger partial charge in [-0.2, -0.15) is 0 Å². The first-order valence-electron chi connectivity index (χ1n) is 10.2. The zero-order valence-electron chi connectivity index (χ0n) is 16.5. The number of unbranched alkanes of at least 4 members (excludes halogenated alkanes) is 3. The van der Waals surface area contributed by atoms with Gasteiger partial charge in [0.25, 0.3) is 0 Å². The van der Waals surface area contributed by atoms with E-state index < -0.39 is 18.4 Å². The second kappa shape index (κ2) is 13.4. The molecule has 0 atom stereocenters. The predicted molar refractivity (Wildman–Crippen MR) is 119 cm³/mol. The van der Waals surface area contributed by atoms with Gasteiger partial charge in [-0.1, -0.05) is 0 Å². The molecule has 1 nitrogen and oxygen atoms in total. The average molecular weight is 516 g/mol. The number of benzene rings is 1. The SMILES string of the molecule is CCC[CH2][Sn]([CH2]CCC)([CH2]CCC)/[C](=C/CCO)c1ccccc1Br. The summed E-state index contributed by atoms with van der Waals surface area (Å²) >= 11 is 1.31. The summed E-state index contributed by atoms with van der Waals surface area (Å²) in [6.45, 7) is 7.23. The van der Waals surface area contributed by atoms with Crippen molar-refractivity contribution in [3.05, 3.63) is 40.4 Å². The van der Waals surface area contributed by atoms with Crippen molar-refractivity contribution >= 4 is 37.9 Å². The predicted octanol–water partition coefficient (Wildman–Crippen LogP) is 7.60. The molecule has 0 aromatic heterocycles. The van der Waals surface area contributed by atoms with E-state index in [1.54, 1.807) is 3.59 Å². The quantitative estimate of drug-likeness (QED) is 0.268. The normalized spacial score (nSPS) is 12.6. The molecule has 0 spiro atoms. The number of aliphatic hydroxyl groups is 1. The molecule has 0 aliphatic rings. The fourth-order valence-corrected chi connectivity index (χ4v) is 22.0. The summed E-state index contributed by atoms with van der Waals surface area (Å²) in [5.41, 5.74) is 1.41. The van der Waals surface area contributed by atoms with Crippen molar-refractivity contribution in [3.8, 4) is 0 Å². The van der Waals surface area contributed by atoms with Gasteiger partial charge in [0.2, 0.25) is 0 Å². The minimum absolute atomic E-state index is 0.255. The van der Waals surface area contributed by atoms with Gasteiger partial charge >= 0.3 is 169 Å². The third kappa shape index (κ3) is 7.38. The van der Waals surface area contributed by atoms with Crippen molar-refractivity contribution in [3.63, 3.8) is 0 Å². The first kappa shape index (κ1) is 23.2. The van der Waals surface area contributed by atoms with Crippen LogP contribution in [0.2, 0.25) is 13.3 Å². The fourth-order valence-electron chi connectivity index (χ4n) is 3.83. The minimum atomic E-state index is -2.51. The number of hydrogen-bond donors (Lipinski definition) is 1. The van der Waals surface area contributed by atoms with Crippen LogP contribution in [0, 0.1) is 0 Å². The first-order chi connectivity index (χ1) is 12.1. The van der Waals surface area contributed by atoms with Gasteiger partial charge in [0.15, 0.2) is 0 Å². The van der Waals surface area contributed by atoms with E-state index in [1.165, 1.54) is 61.9 Å².